The number of guanidine groups is 1. The summed E-state index contributed by atoms with van der Waals surface area (Å²) in [6, 6.07) is 12.2. The summed E-state index contributed by atoms with van der Waals surface area (Å²) in [6.45, 7) is -2.25. The van der Waals surface area contributed by atoms with Crippen molar-refractivity contribution in [1.29, 1.82) is 5.26 Å². The maximum absolute atomic E-state index is 12.7. The molecule has 0 unspecified atom stereocenters. The topological polar surface area (TPSA) is 87.9 Å². The SMILES string of the molecule is CN=C(NCc1ccc(C#N)cc1)NCc1cc2c(cc1OC(F)F)OCO2. The van der Waals surface area contributed by atoms with E-state index in [2.05, 4.69) is 26.4 Å². The first-order valence-corrected chi connectivity index (χ1v) is 8.40. The minimum absolute atomic E-state index is 0.00861. The van der Waals surface area contributed by atoms with Gasteiger partial charge in [-0.25, -0.2) is 0 Å². The first-order chi connectivity index (χ1) is 13.6. The summed E-state index contributed by atoms with van der Waals surface area (Å²) in [4.78, 5) is 4.11. The molecule has 28 heavy (non-hydrogen) atoms. The molecule has 0 spiro atoms. The summed E-state index contributed by atoms with van der Waals surface area (Å²) in [7, 11) is 1.60. The van der Waals surface area contributed by atoms with E-state index in [0.29, 0.717) is 35.1 Å². The van der Waals surface area contributed by atoms with Gasteiger partial charge in [0.15, 0.2) is 17.5 Å². The van der Waals surface area contributed by atoms with Gasteiger partial charge >= 0.3 is 6.61 Å². The molecule has 146 valence electrons. The summed E-state index contributed by atoms with van der Waals surface area (Å²) in [5, 5.41) is 15.0. The smallest absolute Gasteiger partial charge is 0.387 e. The Morgan fingerprint density at radius 3 is 2.50 bits per heavy atom. The highest BCUT2D eigenvalue weighted by atomic mass is 19.3. The number of halogens is 2. The van der Waals surface area contributed by atoms with Crippen molar-refractivity contribution in [2.24, 2.45) is 4.99 Å². The number of alkyl halides is 2. The first-order valence-electron chi connectivity index (χ1n) is 8.40. The van der Waals surface area contributed by atoms with E-state index in [4.69, 9.17) is 14.7 Å². The van der Waals surface area contributed by atoms with Gasteiger partial charge in [0.2, 0.25) is 6.79 Å². The minimum Gasteiger partial charge on any atom is -0.454 e. The molecule has 0 aliphatic carbocycles. The molecule has 0 atom stereocenters. The number of hydrogen-bond acceptors (Lipinski definition) is 5. The predicted octanol–water partition coefficient (Wildman–Crippen LogP) is 2.75. The minimum atomic E-state index is -2.95. The third kappa shape index (κ3) is 4.79. The van der Waals surface area contributed by atoms with Crippen molar-refractivity contribution < 1.29 is 23.0 Å². The summed E-state index contributed by atoms with van der Waals surface area (Å²) in [5.41, 5.74) is 2.03. The standard InChI is InChI=1S/C19H18F2N4O3/c1-23-19(24-9-13-4-2-12(8-22)3-5-13)25-10-14-6-16-17(27-11-26-16)7-15(14)28-18(20)21/h2-7,18H,9-11H2,1H3,(H2,23,24,25). The van der Waals surface area contributed by atoms with E-state index in [0.717, 1.165) is 5.56 Å². The molecule has 2 aromatic rings. The molecule has 0 bridgehead atoms. The van der Waals surface area contributed by atoms with Gasteiger partial charge in [-0.2, -0.15) is 14.0 Å². The summed E-state index contributed by atoms with van der Waals surface area (Å²) >= 11 is 0. The first kappa shape index (κ1) is 19.2. The Morgan fingerprint density at radius 1 is 1.18 bits per heavy atom. The molecule has 1 heterocycles. The van der Waals surface area contributed by atoms with Crippen molar-refractivity contribution in [3.63, 3.8) is 0 Å². The van der Waals surface area contributed by atoms with E-state index in [1.807, 2.05) is 12.1 Å². The Hall–Kier alpha value is -3.54. The molecule has 0 saturated carbocycles. The highest BCUT2D eigenvalue weighted by molar-refractivity contribution is 5.79. The zero-order valence-electron chi connectivity index (χ0n) is 15.0. The Morgan fingerprint density at radius 2 is 1.86 bits per heavy atom. The van der Waals surface area contributed by atoms with Crippen molar-refractivity contribution in [2.75, 3.05) is 13.8 Å². The number of ether oxygens (including phenoxy) is 3. The van der Waals surface area contributed by atoms with Gasteiger partial charge in [-0.15, -0.1) is 0 Å². The maximum atomic E-state index is 12.7. The van der Waals surface area contributed by atoms with Gasteiger partial charge in [0.1, 0.15) is 5.75 Å². The lowest BCUT2D eigenvalue weighted by Gasteiger charge is -2.15. The fourth-order valence-corrected chi connectivity index (χ4v) is 2.59. The summed E-state index contributed by atoms with van der Waals surface area (Å²) < 4.78 is 40.5. The fourth-order valence-electron chi connectivity index (χ4n) is 2.59. The molecule has 1 aliphatic heterocycles. The van der Waals surface area contributed by atoms with Crippen LogP contribution >= 0.6 is 0 Å². The lowest BCUT2D eigenvalue weighted by molar-refractivity contribution is -0.0505. The lowest BCUT2D eigenvalue weighted by atomic mass is 10.1. The number of rotatable bonds is 6. The van der Waals surface area contributed by atoms with Crippen LogP contribution in [0.2, 0.25) is 0 Å². The third-order valence-electron chi connectivity index (χ3n) is 3.98. The second kappa shape index (κ2) is 8.90. The largest absolute Gasteiger partial charge is 0.454 e. The van der Waals surface area contributed by atoms with Crippen LogP contribution in [-0.2, 0) is 13.1 Å². The van der Waals surface area contributed by atoms with Gasteiger partial charge in [-0.05, 0) is 23.8 Å². The van der Waals surface area contributed by atoms with Crippen LogP contribution in [0.15, 0.2) is 41.4 Å². The van der Waals surface area contributed by atoms with E-state index >= 15 is 0 Å². The Labute approximate surface area is 160 Å². The van der Waals surface area contributed by atoms with Crippen molar-refractivity contribution in [3.05, 3.63) is 53.1 Å². The molecule has 9 heteroatoms. The van der Waals surface area contributed by atoms with Gasteiger partial charge < -0.3 is 24.8 Å². The Kier molecular flexibility index (Phi) is 6.11. The van der Waals surface area contributed by atoms with Crippen LogP contribution in [0.4, 0.5) is 8.78 Å². The molecule has 0 aromatic heterocycles. The maximum Gasteiger partial charge on any atom is 0.387 e. The number of nitrogens with one attached hydrogen (secondary N) is 2. The second-order valence-electron chi connectivity index (χ2n) is 5.78. The van der Waals surface area contributed by atoms with E-state index < -0.39 is 6.61 Å². The zero-order chi connectivity index (χ0) is 19.9. The molecular formula is C19H18F2N4O3. The van der Waals surface area contributed by atoms with Crippen LogP contribution in [0.5, 0.6) is 17.2 Å². The number of aliphatic imine (C=N–C) groups is 1. The number of nitrogens with zero attached hydrogens (tertiary/aromatic N) is 2. The Balaban J connectivity index is 1.63. The second-order valence-corrected chi connectivity index (χ2v) is 5.78. The van der Waals surface area contributed by atoms with Crippen LogP contribution in [0.25, 0.3) is 0 Å². The van der Waals surface area contributed by atoms with Gasteiger partial charge in [-0.1, -0.05) is 12.1 Å². The van der Waals surface area contributed by atoms with Gasteiger partial charge in [0.25, 0.3) is 0 Å². The van der Waals surface area contributed by atoms with Gasteiger partial charge in [0, 0.05) is 31.8 Å². The average molecular weight is 388 g/mol. The molecule has 2 aromatic carbocycles. The highest BCUT2D eigenvalue weighted by Gasteiger charge is 2.20. The van der Waals surface area contributed by atoms with Gasteiger partial charge in [0.05, 0.1) is 11.6 Å². The van der Waals surface area contributed by atoms with Crippen LogP contribution in [0.1, 0.15) is 16.7 Å². The average Bonchev–Trinajstić information content (AvgIpc) is 3.15. The Bertz CT molecular complexity index is 895. The van der Waals surface area contributed by atoms with E-state index in [9.17, 15) is 8.78 Å². The molecule has 0 radical (unpaired) electrons. The van der Waals surface area contributed by atoms with Crippen molar-refractivity contribution in [3.8, 4) is 23.3 Å². The molecule has 7 nitrogen and oxygen atoms in total. The molecule has 3 rings (SSSR count). The molecule has 0 amide bonds. The van der Waals surface area contributed by atoms with Crippen LogP contribution < -0.4 is 24.8 Å². The van der Waals surface area contributed by atoms with Crippen LogP contribution in [0.3, 0.4) is 0 Å². The summed E-state index contributed by atoms with van der Waals surface area (Å²) in [5.74, 6) is 1.32. The number of hydrogen-bond donors (Lipinski definition) is 2. The van der Waals surface area contributed by atoms with E-state index in [1.54, 1.807) is 25.2 Å². The molecule has 1 aliphatic rings. The monoisotopic (exact) mass is 388 g/mol. The third-order valence-corrected chi connectivity index (χ3v) is 3.98. The van der Waals surface area contributed by atoms with Crippen LogP contribution in [0, 0.1) is 11.3 Å². The van der Waals surface area contributed by atoms with Crippen molar-refractivity contribution in [1.82, 2.24) is 10.6 Å². The van der Waals surface area contributed by atoms with Crippen LogP contribution in [-0.4, -0.2) is 26.4 Å². The lowest BCUT2D eigenvalue weighted by Crippen LogP contribution is -2.36. The van der Waals surface area contributed by atoms with E-state index in [-0.39, 0.29) is 19.1 Å². The molecule has 2 N–H and O–H groups in total. The number of benzene rings is 2. The van der Waals surface area contributed by atoms with Crippen molar-refractivity contribution >= 4 is 5.96 Å². The molecule has 0 fully saturated rings. The van der Waals surface area contributed by atoms with Gasteiger partial charge in [-0.3, -0.25) is 4.99 Å². The number of fused-ring (bicyclic) bond motifs is 1. The fraction of sp³-hybridized carbons (Fsp3) is 0.263. The normalized spacial score (nSPS) is 12.6. The summed E-state index contributed by atoms with van der Waals surface area (Å²) in [6.07, 6.45) is 0. The predicted molar refractivity (Wildman–Crippen MR) is 97.4 cm³/mol. The van der Waals surface area contributed by atoms with E-state index in [1.165, 1.54) is 6.07 Å². The molecule has 0 saturated heterocycles. The highest BCUT2D eigenvalue weighted by Crippen LogP contribution is 2.38. The quantitative estimate of drug-likeness (QED) is 0.585. The number of nitriles is 1. The zero-order valence-corrected chi connectivity index (χ0v) is 15.0. The van der Waals surface area contributed by atoms with Crippen molar-refractivity contribution in [2.45, 2.75) is 19.7 Å². The molecular weight excluding hydrogens is 370 g/mol.